The van der Waals surface area contributed by atoms with Crippen LogP contribution in [0.5, 0.6) is 0 Å². The molecule has 0 bridgehead atoms. The molecule has 3 aromatic carbocycles. The number of halogens is 7. The third kappa shape index (κ3) is 6.87. The molecule has 3 aromatic rings. The largest absolute Gasteiger partial charge is 0.444 e. The molecule has 0 radical (unpaired) electrons. The molecule has 4 rings (SSSR count). The Balaban J connectivity index is 1.70. The lowest BCUT2D eigenvalue weighted by Gasteiger charge is -2.38. The summed E-state index contributed by atoms with van der Waals surface area (Å²) in [5.74, 6) is -0.676. The van der Waals surface area contributed by atoms with Crippen molar-refractivity contribution in [3.8, 4) is 0 Å². The van der Waals surface area contributed by atoms with Gasteiger partial charge in [-0.25, -0.2) is 17.6 Å². The highest BCUT2D eigenvalue weighted by Crippen LogP contribution is 2.54. The first kappa shape index (κ1) is 35.2. The Morgan fingerprint density at radius 1 is 0.848 bits per heavy atom. The number of carbonyl (C=O) groups is 1. The van der Waals surface area contributed by atoms with Crippen molar-refractivity contribution in [2.75, 3.05) is 5.32 Å². The Kier molecular flexibility index (Phi) is 9.58. The van der Waals surface area contributed by atoms with Gasteiger partial charge in [0, 0.05) is 11.3 Å². The van der Waals surface area contributed by atoms with Gasteiger partial charge in [0.25, 0.3) is 5.60 Å². The molecule has 250 valence electrons. The number of hydrogen-bond acceptors (Lipinski definition) is 5. The Hall–Kier alpha value is -3.65. The molecular weight excluding hydrogens is 643 g/mol. The molecule has 0 unspecified atom stereocenters. The monoisotopic (exact) mass is 675 g/mol. The van der Waals surface area contributed by atoms with E-state index in [2.05, 4.69) is 5.32 Å². The van der Waals surface area contributed by atoms with Gasteiger partial charge in [-0.05, 0) is 81.1 Å². The maximum absolute atomic E-state index is 14.5. The van der Waals surface area contributed by atoms with Gasteiger partial charge in [-0.1, -0.05) is 49.2 Å². The molecule has 0 heterocycles. The number of carbonyl (C=O) groups excluding carboxylic acids is 1. The highest BCUT2D eigenvalue weighted by atomic mass is 32.2. The first-order chi connectivity index (χ1) is 21.2. The minimum absolute atomic E-state index is 0.0113. The third-order valence-electron chi connectivity index (χ3n) is 7.69. The van der Waals surface area contributed by atoms with Crippen LogP contribution in [0.3, 0.4) is 0 Å². The van der Waals surface area contributed by atoms with Crippen LogP contribution in [0.2, 0.25) is 0 Å². The van der Waals surface area contributed by atoms with Crippen molar-refractivity contribution in [1.29, 1.82) is 0 Å². The number of ether oxygens (including phenoxy) is 2. The second kappa shape index (κ2) is 12.5. The van der Waals surface area contributed by atoms with Crippen LogP contribution in [0.1, 0.15) is 63.1 Å². The summed E-state index contributed by atoms with van der Waals surface area (Å²) in [6.07, 6.45) is -11.8. The van der Waals surface area contributed by atoms with Crippen LogP contribution < -0.4 is 5.32 Å². The van der Waals surface area contributed by atoms with E-state index in [1.165, 1.54) is 18.2 Å². The molecule has 1 N–H and O–H groups in total. The molecular formula is C32H32F7NO5S. The summed E-state index contributed by atoms with van der Waals surface area (Å²) in [6, 6.07) is 12.2. The van der Waals surface area contributed by atoms with E-state index >= 15 is 0 Å². The van der Waals surface area contributed by atoms with E-state index < -0.39 is 62.2 Å². The first-order valence-electron chi connectivity index (χ1n) is 14.2. The van der Waals surface area contributed by atoms with E-state index in [1.54, 1.807) is 20.8 Å². The first-order valence-corrected chi connectivity index (χ1v) is 15.7. The number of sulfone groups is 1. The second-order valence-corrected chi connectivity index (χ2v) is 14.3. The molecule has 1 amide bonds. The van der Waals surface area contributed by atoms with Gasteiger partial charge in [-0.2, -0.15) is 26.3 Å². The van der Waals surface area contributed by atoms with Gasteiger partial charge in [0.15, 0.2) is 9.84 Å². The van der Waals surface area contributed by atoms with E-state index in [-0.39, 0.29) is 34.6 Å². The number of nitrogens with one attached hydrogen (secondary N) is 1. The zero-order valence-electron chi connectivity index (χ0n) is 25.1. The third-order valence-corrected chi connectivity index (χ3v) is 10.3. The SMILES string of the molecule is CC(C)(C)OC(=O)Nc1cccc(COC(c2ccc(C3(S(=O)(=O)c4ccc(F)cc4)CCCC3)cc2)(C(F)(F)F)C(F)(F)F)c1. The van der Waals surface area contributed by atoms with Gasteiger partial charge in [-0.15, -0.1) is 0 Å². The Bertz CT molecular complexity index is 1630. The standard InChI is InChI=1S/C32H32F7NO5S/c1-28(2,3)45-27(41)40-25-8-6-7-21(19-25)20-44-30(31(34,35)36,32(37,38)39)23-11-9-22(10-12-23)29(17-4-5-18-29)46(42,43)26-15-13-24(33)14-16-26/h6-16,19H,4-5,17-18,20H2,1-3H3,(H,40,41). The number of amides is 1. The summed E-state index contributed by atoms with van der Waals surface area (Å²) < 4.78 is 137. The van der Waals surface area contributed by atoms with Crippen LogP contribution in [0.25, 0.3) is 0 Å². The average Bonchev–Trinajstić information content (AvgIpc) is 3.44. The number of alkyl halides is 6. The van der Waals surface area contributed by atoms with E-state index in [0.29, 0.717) is 25.0 Å². The van der Waals surface area contributed by atoms with Crippen LogP contribution in [0, 0.1) is 5.82 Å². The molecule has 0 atom stereocenters. The molecule has 1 aliphatic rings. The number of anilines is 1. The minimum Gasteiger partial charge on any atom is -0.444 e. The van der Waals surface area contributed by atoms with Crippen molar-refractivity contribution in [3.63, 3.8) is 0 Å². The van der Waals surface area contributed by atoms with E-state index in [1.807, 2.05) is 0 Å². The summed E-state index contributed by atoms with van der Waals surface area (Å²) in [6.45, 7) is 3.66. The Morgan fingerprint density at radius 3 is 1.93 bits per heavy atom. The van der Waals surface area contributed by atoms with Crippen molar-refractivity contribution in [1.82, 2.24) is 0 Å². The Morgan fingerprint density at radius 2 is 1.41 bits per heavy atom. The number of rotatable bonds is 8. The van der Waals surface area contributed by atoms with Crippen molar-refractivity contribution in [2.45, 2.75) is 86.3 Å². The van der Waals surface area contributed by atoms with Crippen LogP contribution >= 0.6 is 0 Å². The number of hydrogen-bond donors (Lipinski definition) is 1. The van der Waals surface area contributed by atoms with Crippen LogP contribution in [-0.2, 0) is 36.3 Å². The zero-order valence-corrected chi connectivity index (χ0v) is 25.9. The summed E-state index contributed by atoms with van der Waals surface area (Å²) in [5.41, 5.74) is -7.00. The lowest BCUT2D eigenvalue weighted by molar-refractivity contribution is -0.392. The molecule has 46 heavy (non-hydrogen) atoms. The van der Waals surface area contributed by atoms with Crippen LogP contribution in [0.4, 0.5) is 41.2 Å². The van der Waals surface area contributed by atoms with Crippen LogP contribution in [-0.4, -0.2) is 32.5 Å². The fourth-order valence-corrected chi connectivity index (χ4v) is 7.81. The molecule has 14 heteroatoms. The lowest BCUT2D eigenvalue weighted by atomic mass is 9.88. The maximum Gasteiger partial charge on any atom is 0.430 e. The molecule has 1 fully saturated rings. The molecule has 0 aromatic heterocycles. The second-order valence-electron chi connectivity index (χ2n) is 12.0. The number of benzene rings is 3. The van der Waals surface area contributed by atoms with E-state index in [4.69, 9.17) is 9.47 Å². The van der Waals surface area contributed by atoms with E-state index in [0.717, 1.165) is 42.5 Å². The maximum atomic E-state index is 14.5. The molecule has 0 spiro atoms. The topological polar surface area (TPSA) is 81.7 Å². The van der Waals surface area contributed by atoms with Crippen molar-refractivity contribution < 1.29 is 53.4 Å². The van der Waals surface area contributed by atoms with Crippen molar-refractivity contribution in [3.05, 3.63) is 95.3 Å². The van der Waals surface area contributed by atoms with Gasteiger partial charge in [0.1, 0.15) is 16.2 Å². The highest BCUT2D eigenvalue weighted by molar-refractivity contribution is 7.92. The zero-order chi connectivity index (χ0) is 34.2. The lowest BCUT2D eigenvalue weighted by Crippen LogP contribution is -2.55. The predicted molar refractivity (Wildman–Crippen MR) is 155 cm³/mol. The average molecular weight is 676 g/mol. The summed E-state index contributed by atoms with van der Waals surface area (Å²) >= 11 is 0. The van der Waals surface area contributed by atoms with E-state index in [9.17, 15) is 43.9 Å². The summed E-state index contributed by atoms with van der Waals surface area (Å²) in [4.78, 5) is 11.9. The fraction of sp³-hybridized carbons (Fsp3) is 0.406. The minimum atomic E-state index is -6.00. The normalized spacial score (nSPS) is 15.9. The summed E-state index contributed by atoms with van der Waals surface area (Å²) in [7, 11) is -4.23. The van der Waals surface area contributed by atoms with Gasteiger partial charge in [0.2, 0.25) is 0 Å². The smallest absolute Gasteiger partial charge is 0.430 e. The van der Waals surface area contributed by atoms with Gasteiger partial charge >= 0.3 is 18.4 Å². The van der Waals surface area contributed by atoms with Crippen LogP contribution in [0.15, 0.2) is 77.7 Å². The molecule has 0 saturated heterocycles. The van der Waals surface area contributed by atoms with Gasteiger partial charge in [-0.3, -0.25) is 5.32 Å². The van der Waals surface area contributed by atoms with Crippen molar-refractivity contribution >= 4 is 21.6 Å². The van der Waals surface area contributed by atoms with Crippen molar-refractivity contribution in [2.24, 2.45) is 0 Å². The fourth-order valence-electron chi connectivity index (χ4n) is 5.59. The summed E-state index contributed by atoms with van der Waals surface area (Å²) in [5, 5.41) is 2.36. The molecule has 0 aliphatic heterocycles. The van der Waals surface area contributed by atoms with Gasteiger partial charge < -0.3 is 9.47 Å². The quantitative estimate of drug-likeness (QED) is 0.191. The Labute approximate surface area is 261 Å². The highest BCUT2D eigenvalue weighted by Gasteiger charge is 2.73. The predicted octanol–water partition coefficient (Wildman–Crippen LogP) is 8.95. The molecule has 1 saturated carbocycles. The molecule has 1 aliphatic carbocycles. The molecule has 6 nitrogen and oxygen atoms in total. The van der Waals surface area contributed by atoms with Gasteiger partial charge in [0.05, 0.1) is 11.5 Å².